The van der Waals surface area contributed by atoms with Crippen LogP contribution in [0.1, 0.15) is 21.6 Å². The first-order chi connectivity index (χ1) is 14.3. The van der Waals surface area contributed by atoms with Gasteiger partial charge in [-0.15, -0.1) is 5.10 Å². The summed E-state index contributed by atoms with van der Waals surface area (Å²) in [6, 6.07) is 20.4. The van der Waals surface area contributed by atoms with Crippen molar-refractivity contribution in [2.75, 3.05) is 26.2 Å². The van der Waals surface area contributed by atoms with Crippen molar-refractivity contribution in [1.82, 2.24) is 25.2 Å². The molecule has 7 nitrogen and oxygen atoms in total. The van der Waals surface area contributed by atoms with Crippen LogP contribution in [0.4, 0.5) is 0 Å². The molecule has 1 atom stereocenters. The van der Waals surface area contributed by atoms with E-state index in [4.69, 9.17) is 4.74 Å². The van der Waals surface area contributed by atoms with E-state index in [-0.39, 0.29) is 12.0 Å². The van der Waals surface area contributed by atoms with Crippen molar-refractivity contribution in [3.8, 4) is 0 Å². The SMILES string of the molecule is O=C(NCC1CN(Cc2ccccc2)CCO1)c1cn(Cc2ccccc2)nn1. The monoisotopic (exact) mass is 391 g/mol. The highest BCUT2D eigenvalue weighted by atomic mass is 16.5. The Bertz CT molecular complexity index is 913. The van der Waals surface area contributed by atoms with Gasteiger partial charge in [0.1, 0.15) is 0 Å². The molecule has 1 saturated heterocycles. The fourth-order valence-corrected chi connectivity index (χ4v) is 3.44. The Morgan fingerprint density at radius 1 is 1.03 bits per heavy atom. The van der Waals surface area contributed by atoms with Crippen molar-refractivity contribution < 1.29 is 9.53 Å². The van der Waals surface area contributed by atoms with Gasteiger partial charge in [0, 0.05) is 26.2 Å². The van der Waals surface area contributed by atoms with Crippen molar-refractivity contribution in [2.45, 2.75) is 19.2 Å². The minimum absolute atomic E-state index is 0.0317. The number of morpholine rings is 1. The van der Waals surface area contributed by atoms with Gasteiger partial charge in [-0.05, 0) is 11.1 Å². The lowest BCUT2D eigenvalue weighted by Crippen LogP contribution is -2.47. The lowest BCUT2D eigenvalue weighted by atomic mass is 10.2. The minimum Gasteiger partial charge on any atom is -0.374 e. The third-order valence-corrected chi connectivity index (χ3v) is 4.92. The fraction of sp³-hybridized carbons (Fsp3) is 0.318. The Labute approximate surface area is 170 Å². The summed E-state index contributed by atoms with van der Waals surface area (Å²) in [5.74, 6) is -0.229. The van der Waals surface area contributed by atoms with Crippen LogP contribution in [0.3, 0.4) is 0 Å². The van der Waals surface area contributed by atoms with Gasteiger partial charge in [-0.25, -0.2) is 4.68 Å². The van der Waals surface area contributed by atoms with Crippen LogP contribution in [0.25, 0.3) is 0 Å². The molecule has 1 aromatic heterocycles. The largest absolute Gasteiger partial charge is 0.374 e. The van der Waals surface area contributed by atoms with Crippen LogP contribution < -0.4 is 5.32 Å². The molecule has 150 valence electrons. The fourth-order valence-electron chi connectivity index (χ4n) is 3.44. The van der Waals surface area contributed by atoms with Crippen LogP contribution in [0.2, 0.25) is 0 Å². The van der Waals surface area contributed by atoms with Crippen LogP contribution in [-0.2, 0) is 17.8 Å². The average molecular weight is 391 g/mol. The van der Waals surface area contributed by atoms with Gasteiger partial charge in [-0.2, -0.15) is 0 Å². The van der Waals surface area contributed by atoms with Gasteiger partial charge < -0.3 is 10.1 Å². The number of hydrogen-bond donors (Lipinski definition) is 1. The Morgan fingerprint density at radius 2 is 1.72 bits per heavy atom. The van der Waals surface area contributed by atoms with E-state index in [2.05, 4.69) is 44.8 Å². The number of benzene rings is 2. The molecule has 0 bridgehead atoms. The molecule has 3 aromatic rings. The molecule has 29 heavy (non-hydrogen) atoms. The Hall–Kier alpha value is -3.03. The number of amides is 1. The normalized spacial score (nSPS) is 17.2. The molecule has 1 fully saturated rings. The van der Waals surface area contributed by atoms with Crippen molar-refractivity contribution in [3.05, 3.63) is 83.7 Å². The zero-order valence-corrected chi connectivity index (χ0v) is 16.3. The lowest BCUT2D eigenvalue weighted by Gasteiger charge is -2.33. The molecule has 4 rings (SSSR count). The highest BCUT2D eigenvalue weighted by Gasteiger charge is 2.22. The van der Waals surface area contributed by atoms with Crippen LogP contribution in [0.15, 0.2) is 66.9 Å². The van der Waals surface area contributed by atoms with E-state index in [0.29, 0.717) is 25.4 Å². The van der Waals surface area contributed by atoms with E-state index in [1.165, 1.54) is 5.56 Å². The number of aromatic nitrogens is 3. The minimum atomic E-state index is -0.229. The van der Waals surface area contributed by atoms with Crippen LogP contribution in [0, 0.1) is 0 Å². The summed E-state index contributed by atoms with van der Waals surface area (Å²) in [6.07, 6.45) is 1.64. The summed E-state index contributed by atoms with van der Waals surface area (Å²) in [6.45, 7) is 4.28. The first-order valence-corrected chi connectivity index (χ1v) is 9.86. The van der Waals surface area contributed by atoms with Crippen molar-refractivity contribution in [3.63, 3.8) is 0 Å². The standard InChI is InChI=1S/C22H25N5O2/c28-22(21-17-27(25-24-21)15-19-9-5-2-6-10-19)23-13-20-16-26(11-12-29-20)14-18-7-3-1-4-8-18/h1-10,17,20H,11-16H2,(H,23,28). The summed E-state index contributed by atoms with van der Waals surface area (Å²) in [7, 11) is 0. The lowest BCUT2D eigenvalue weighted by molar-refractivity contribution is -0.0292. The molecule has 2 heterocycles. The third kappa shape index (κ3) is 5.49. The number of hydrogen-bond acceptors (Lipinski definition) is 5. The van der Waals surface area contributed by atoms with E-state index >= 15 is 0 Å². The Morgan fingerprint density at radius 3 is 2.45 bits per heavy atom. The van der Waals surface area contributed by atoms with E-state index in [1.807, 2.05) is 36.4 Å². The zero-order chi connectivity index (χ0) is 19.9. The van der Waals surface area contributed by atoms with Gasteiger partial charge in [-0.3, -0.25) is 9.69 Å². The molecule has 0 spiro atoms. The maximum atomic E-state index is 12.4. The molecule has 1 unspecified atom stereocenters. The number of carbonyl (C=O) groups excluding carboxylic acids is 1. The smallest absolute Gasteiger partial charge is 0.273 e. The number of nitrogens with zero attached hydrogens (tertiary/aromatic N) is 4. The predicted molar refractivity (Wildman–Crippen MR) is 109 cm³/mol. The second-order valence-electron chi connectivity index (χ2n) is 7.21. The summed E-state index contributed by atoms with van der Waals surface area (Å²) in [4.78, 5) is 14.8. The van der Waals surface area contributed by atoms with Crippen molar-refractivity contribution >= 4 is 5.91 Å². The van der Waals surface area contributed by atoms with Gasteiger partial charge in [0.15, 0.2) is 5.69 Å². The van der Waals surface area contributed by atoms with Gasteiger partial charge in [0.2, 0.25) is 0 Å². The number of carbonyl (C=O) groups is 1. The Balaban J connectivity index is 1.26. The molecular formula is C22H25N5O2. The summed E-state index contributed by atoms with van der Waals surface area (Å²) in [5.41, 5.74) is 2.71. The predicted octanol–water partition coefficient (Wildman–Crippen LogP) is 1.96. The highest BCUT2D eigenvalue weighted by molar-refractivity contribution is 5.91. The molecule has 0 aliphatic carbocycles. The van der Waals surface area contributed by atoms with E-state index in [0.717, 1.165) is 25.2 Å². The van der Waals surface area contributed by atoms with Crippen LogP contribution >= 0.6 is 0 Å². The second-order valence-corrected chi connectivity index (χ2v) is 7.21. The van der Waals surface area contributed by atoms with Crippen LogP contribution in [-0.4, -0.2) is 58.1 Å². The molecule has 2 aromatic carbocycles. The topological polar surface area (TPSA) is 72.3 Å². The number of nitrogens with one attached hydrogen (secondary N) is 1. The Kier molecular flexibility index (Phi) is 6.29. The van der Waals surface area contributed by atoms with Gasteiger partial charge >= 0.3 is 0 Å². The first kappa shape index (κ1) is 19.3. The van der Waals surface area contributed by atoms with E-state index < -0.39 is 0 Å². The number of ether oxygens (including phenoxy) is 1. The molecule has 0 radical (unpaired) electrons. The zero-order valence-electron chi connectivity index (χ0n) is 16.3. The van der Waals surface area contributed by atoms with Gasteiger partial charge in [0.25, 0.3) is 5.91 Å². The first-order valence-electron chi connectivity index (χ1n) is 9.86. The summed E-state index contributed by atoms with van der Waals surface area (Å²) < 4.78 is 7.49. The quantitative estimate of drug-likeness (QED) is 0.667. The molecule has 1 aliphatic heterocycles. The van der Waals surface area contributed by atoms with Crippen molar-refractivity contribution in [1.29, 1.82) is 0 Å². The average Bonchev–Trinajstić information content (AvgIpc) is 3.22. The molecular weight excluding hydrogens is 366 g/mol. The molecule has 1 aliphatic rings. The molecule has 1 N–H and O–H groups in total. The maximum Gasteiger partial charge on any atom is 0.273 e. The van der Waals surface area contributed by atoms with Crippen molar-refractivity contribution in [2.24, 2.45) is 0 Å². The van der Waals surface area contributed by atoms with E-state index in [1.54, 1.807) is 10.9 Å². The maximum absolute atomic E-state index is 12.4. The van der Waals surface area contributed by atoms with Gasteiger partial charge in [-0.1, -0.05) is 65.9 Å². The van der Waals surface area contributed by atoms with E-state index in [9.17, 15) is 4.79 Å². The second kappa shape index (κ2) is 9.45. The third-order valence-electron chi connectivity index (χ3n) is 4.92. The number of rotatable bonds is 7. The molecule has 0 saturated carbocycles. The molecule has 7 heteroatoms. The highest BCUT2D eigenvalue weighted by Crippen LogP contribution is 2.10. The summed E-state index contributed by atoms with van der Waals surface area (Å²) in [5, 5.41) is 11.0. The molecule has 1 amide bonds. The van der Waals surface area contributed by atoms with Crippen LogP contribution in [0.5, 0.6) is 0 Å². The van der Waals surface area contributed by atoms with Gasteiger partial charge in [0.05, 0.1) is 25.5 Å². The summed E-state index contributed by atoms with van der Waals surface area (Å²) >= 11 is 0.